The number of ether oxygens (including phenoxy) is 1. The van der Waals surface area contributed by atoms with Crippen LogP contribution in [0.1, 0.15) is 5.69 Å². The average Bonchev–Trinajstić information content (AvgIpc) is 2.39. The summed E-state index contributed by atoms with van der Waals surface area (Å²) in [5.74, 6) is 1.33. The Balaban J connectivity index is 2.28. The Morgan fingerprint density at radius 1 is 1.33 bits per heavy atom. The lowest BCUT2D eigenvalue weighted by atomic mass is 10.3. The molecule has 0 fully saturated rings. The molecule has 2 aromatic rings. The van der Waals surface area contributed by atoms with Crippen LogP contribution in [0.3, 0.4) is 0 Å². The Morgan fingerprint density at radius 2 is 2.11 bits per heavy atom. The van der Waals surface area contributed by atoms with Crippen molar-refractivity contribution < 1.29 is 4.74 Å². The van der Waals surface area contributed by atoms with Gasteiger partial charge in [-0.3, -0.25) is 10.4 Å². The van der Waals surface area contributed by atoms with Gasteiger partial charge in [0.1, 0.15) is 23.0 Å². The van der Waals surface area contributed by atoms with Gasteiger partial charge in [0.05, 0.1) is 0 Å². The van der Waals surface area contributed by atoms with Crippen LogP contribution >= 0.6 is 11.8 Å². The number of nitrogen functional groups attached to an aromatic ring is 1. The van der Waals surface area contributed by atoms with Gasteiger partial charge in [-0.25, -0.2) is 0 Å². The summed E-state index contributed by atoms with van der Waals surface area (Å²) >= 11 is 1.62. The van der Waals surface area contributed by atoms with Gasteiger partial charge in [-0.05, 0) is 24.5 Å². The van der Waals surface area contributed by atoms with Crippen LogP contribution in [0.25, 0.3) is 0 Å². The Kier molecular flexibility index (Phi) is 3.84. The molecule has 2 rings (SSSR count). The third-order valence-corrected chi connectivity index (χ3v) is 3.08. The van der Waals surface area contributed by atoms with Crippen LogP contribution in [0.5, 0.6) is 11.5 Å². The number of pyridine rings is 1. The normalized spacial score (nSPS) is 10.1. The van der Waals surface area contributed by atoms with Gasteiger partial charge >= 0.3 is 0 Å². The highest BCUT2D eigenvalue weighted by Crippen LogP contribution is 2.31. The molecule has 1 aromatic heterocycles. The van der Waals surface area contributed by atoms with E-state index in [-0.39, 0.29) is 5.84 Å². The standard InChI is InChI=1S/C13H13N3OS/c1-18-12-5-3-2-4-11(12)17-9-6-7-16-10(8-9)13(14)15/h2-8H,1H3,(H3,14,15). The molecule has 0 amide bonds. The molecule has 0 atom stereocenters. The molecule has 0 aliphatic heterocycles. The molecule has 0 spiro atoms. The Bertz CT molecular complexity index is 572. The van der Waals surface area contributed by atoms with E-state index in [0.717, 1.165) is 10.6 Å². The number of nitrogens with one attached hydrogen (secondary N) is 1. The number of nitrogens with zero attached hydrogens (tertiary/aromatic N) is 1. The molecule has 1 heterocycles. The van der Waals surface area contributed by atoms with Crippen molar-refractivity contribution in [2.24, 2.45) is 5.73 Å². The minimum Gasteiger partial charge on any atom is -0.456 e. The zero-order valence-corrected chi connectivity index (χ0v) is 10.7. The van der Waals surface area contributed by atoms with Gasteiger partial charge in [-0.15, -0.1) is 11.8 Å². The molecule has 0 aliphatic rings. The summed E-state index contributed by atoms with van der Waals surface area (Å²) in [7, 11) is 0. The second-order valence-electron chi connectivity index (χ2n) is 3.54. The first-order valence-corrected chi connectivity index (χ1v) is 6.54. The van der Waals surface area contributed by atoms with Gasteiger partial charge in [0.25, 0.3) is 0 Å². The molecular formula is C13H13N3OS. The molecular weight excluding hydrogens is 246 g/mol. The molecule has 4 nitrogen and oxygen atoms in total. The van der Waals surface area contributed by atoms with Crippen LogP contribution in [0.15, 0.2) is 47.5 Å². The molecule has 18 heavy (non-hydrogen) atoms. The molecule has 3 N–H and O–H groups in total. The fraction of sp³-hybridized carbons (Fsp3) is 0.0769. The summed E-state index contributed by atoms with van der Waals surface area (Å²) in [4.78, 5) is 5.04. The first-order valence-electron chi connectivity index (χ1n) is 5.32. The van der Waals surface area contributed by atoms with E-state index >= 15 is 0 Å². The van der Waals surface area contributed by atoms with Crippen molar-refractivity contribution in [1.82, 2.24) is 4.98 Å². The molecule has 0 aliphatic carbocycles. The number of para-hydroxylation sites is 1. The number of hydrogen-bond donors (Lipinski definition) is 2. The number of benzene rings is 1. The molecule has 0 saturated carbocycles. The van der Waals surface area contributed by atoms with Crippen molar-refractivity contribution >= 4 is 17.6 Å². The highest BCUT2D eigenvalue weighted by Gasteiger charge is 2.05. The minimum atomic E-state index is -0.0707. The summed E-state index contributed by atoms with van der Waals surface area (Å²) in [6, 6.07) is 11.2. The van der Waals surface area contributed by atoms with Crippen LogP contribution < -0.4 is 10.5 Å². The molecule has 0 bridgehead atoms. The Labute approximate surface area is 110 Å². The first kappa shape index (κ1) is 12.4. The van der Waals surface area contributed by atoms with Crippen molar-refractivity contribution in [2.75, 3.05) is 6.26 Å². The number of nitrogens with two attached hydrogens (primary N) is 1. The van der Waals surface area contributed by atoms with E-state index in [4.69, 9.17) is 15.9 Å². The number of aromatic nitrogens is 1. The fourth-order valence-corrected chi connectivity index (χ4v) is 1.98. The molecule has 0 saturated heterocycles. The highest BCUT2D eigenvalue weighted by atomic mass is 32.2. The maximum Gasteiger partial charge on any atom is 0.141 e. The minimum absolute atomic E-state index is 0.0707. The average molecular weight is 259 g/mol. The van der Waals surface area contributed by atoms with Gasteiger partial charge in [0, 0.05) is 17.2 Å². The van der Waals surface area contributed by atoms with E-state index in [9.17, 15) is 0 Å². The van der Waals surface area contributed by atoms with Gasteiger partial charge in [0.2, 0.25) is 0 Å². The van der Waals surface area contributed by atoms with Crippen molar-refractivity contribution in [3.63, 3.8) is 0 Å². The Hall–Kier alpha value is -2.01. The zero-order valence-electron chi connectivity index (χ0n) is 9.88. The molecule has 92 valence electrons. The lowest BCUT2D eigenvalue weighted by Crippen LogP contribution is -2.12. The van der Waals surface area contributed by atoms with Gasteiger partial charge in [-0.2, -0.15) is 0 Å². The van der Waals surface area contributed by atoms with E-state index in [1.54, 1.807) is 30.1 Å². The van der Waals surface area contributed by atoms with Gasteiger partial charge in [0.15, 0.2) is 0 Å². The third kappa shape index (κ3) is 2.81. The number of hydrogen-bond acceptors (Lipinski definition) is 4. The van der Waals surface area contributed by atoms with Crippen LogP contribution in [-0.2, 0) is 0 Å². The number of rotatable bonds is 4. The van der Waals surface area contributed by atoms with Crippen molar-refractivity contribution in [3.05, 3.63) is 48.3 Å². The SMILES string of the molecule is CSc1ccccc1Oc1ccnc(C(=N)N)c1. The largest absolute Gasteiger partial charge is 0.456 e. The number of thioether (sulfide) groups is 1. The van der Waals surface area contributed by atoms with Crippen molar-refractivity contribution in [1.29, 1.82) is 5.41 Å². The quantitative estimate of drug-likeness (QED) is 0.503. The maximum atomic E-state index is 7.35. The smallest absolute Gasteiger partial charge is 0.141 e. The topological polar surface area (TPSA) is 72.0 Å². The highest BCUT2D eigenvalue weighted by molar-refractivity contribution is 7.98. The summed E-state index contributed by atoms with van der Waals surface area (Å²) in [6.45, 7) is 0. The Morgan fingerprint density at radius 3 is 2.83 bits per heavy atom. The molecule has 0 unspecified atom stereocenters. The summed E-state index contributed by atoms with van der Waals surface area (Å²) < 4.78 is 5.78. The van der Waals surface area contributed by atoms with E-state index in [2.05, 4.69) is 4.98 Å². The summed E-state index contributed by atoms with van der Waals surface area (Å²) in [6.07, 6.45) is 3.57. The van der Waals surface area contributed by atoms with Crippen molar-refractivity contribution in [3.8, 4) is 11.5 Å². The lowest BCUT2D eigenvalue weighted by Gasteiger charge is -2.09. The third-order valence-electron chi connectivity index (χ3n) is 2.30. The molecule has 1 aromatic carbocycles. The predicted octanol–water partition coefficient (Wildman–Crippen LogP) is 2.88. The number of amidine groups is 1. The zero-order chi connectivity index (χ0) is 13.0. The fourth-order valence-electron chi connectivity index (χ4n) is 1.45. The van der Waals surface area contributed by atoms with Crippen LogP contribution in [-0.4, -0.2) is 17.1 Å². The summed E-state index contributed by atoms with van der Waals surface area (Å²) in [5, 5.41) is 7.35. The van der Waals surface area contributed by atoms with Crippen LogP contribution in [0, 0.1) is 5.41 Å². The monoisotopic (exact) mass is 259 g/mol. The van der Waals surface area contributed by atoms with E-state index in [1.807, 2.05) is 30.5 Å². The van der Waals surface area contributed by atoms with Crippen molar-refractivity contribution in [2.45, 2.75) is 4.90 Å². The van der Waals surface area contributed by atoms with Crippen LogP contribution in [0.4, 0.5) is 0 Å². The van der Waals surface area contributed by atoms with Gasteiger partial charge in [-0.1, -0.05) is 12.1 Å². The second kappa shape index (κ2) is 5.55. The van der Waals surface area contributed by atoms with E-state index in [1.165, 1.54) is 0 Å². The molecule has 0 radical (unpaired) electrons. The summed E-state index contributed by atoms with van der Waals surface area (Å²) in [5.41, 5.74) is 5.80. The van der Waals surface area contributed by atoms with Gasteiger partial charge < -0.3 is 10.5 Å². The lowest BCUT2D eigenvalue weighted by molar-refractivity contribution is 0.470. The predicted molar refractivity (Wildman–Crippen MR) is 73.6 cm³/mol. The van der Waals surface area contributed by atoms with E-state index in [0.29, 0.717) is 11.4 Å². The van der Waals surface area contributed by atoms with Crippen LogP contribution in [0.2, 0.25) is 0 Å². The second-order valence-corrected chi connectivity index (χ2v) is 4.39. The maximum absolute atomic E-state index is 7.35. The first-order chi connectivity index (χ1) is 8.70. The van der Waals surface area contributed by atoms with E-state index < -0.39 is 0 Å². The molecule has 5 heteroatoms.